The van der Waals surface area contributed by atoms with Crippen molar-refractivity contribution in [1.82, 2.24) is 0 Å². The number of anilines is 1. The topological polar surface area (TPSA) is 121 Å². The number of nitrogens with zero attached hydrogens (tertiary/aromatic N) is 4. The van der Waals surface area contributed by atoms with Gasteiger partial charge in [-0.1, -0.05) is 18.2 Å². The van der Waals surface area contributed by atoms with E-state index in [1.807, 2.05) is 29.2 Å². The summed E-state index contributed by atoms with van der Waals surface area (Å²) in [5.74, 6) is 0.0798. The number of aliphatic hydroxyl groups is 1. The summed E-state index contributed by atoms with van der Waals surface area (Å²) in [6, 6.07) is 12.4. The molecule has 0 amide bonds. The van der Waals surface area contributed by atoms with Gasteiger partial charge in [-0.15, -0.1) is 0 Å². The van der Waals surface area contributed by atoms with Crippen LogP contribution in [0.2, 0.25) is 0 Å². The maximum absolute atomic E-state index is 12.0. The summed E-state index contributed by atoms with van der Waals surface area (Å²) in [7, 11) is 0. The first-order chi connectivity index (χ1) is 16.0. The molecule has 0 saturated carbocycles. The summed E-state index contributed by atoms with van der Waals surface area (Å²) in [6.07, 6.45) is 0.931. The minimum atomic E-state index is -0.512. The van der Waals surface area contributed by atoms with E-state index in [2.05, 4.69) is 17.8 Å². The number of nitriles is 1. The molecule has 0 aliphatic carbocycles. The van der Waals surface area contributed by atoms with E-state index in [-0.39, 0.29) is 30.2 Å². The lowest BCUT2D eigenvalue weighted by molar-refractivity contribution is -0.386. The van der Waals surface area contributed by atoms with Gasteiger partial charge in [0, 0.05) is 29.8 Å². The molecule has 2 heterocycles. The molecule has 4 rings (SSSR count). The number of hydrogen-bond acceptors (Lipinski definition) is 8. The average Bonchev–Trinajstić information content (AvgIpc) is 3.47. The minimum Gasteiger partial charge on any atom is -0.481 e. The molecule has 0 spiro atoms. The molecule has 0 radical (unpaired) electrons. The molecule has 2 atom stereocenters. The third-order valence-electron chi connectivity index (χ3n) is 5.93. The Morgan fingerprint density at radius 3 is 2.88 bits per heavy atom. The Balaban J connectivity index is 1.90. The summed E-state index contributed by atoms with van der Waals surface area (Å²) in [4.78, 5) is 17.4. The fraction of sp³-hybridized carbons (Fsp3) is 0.333. The summed E-state index contributed by atoms with van der Waals surface area (Å²) in [5.41, 5.74) is 3.12. The van der Waals surface area contributed by atoms with Crippen molar-refractivity contribution in [2.45, 2.75) is 31.9 Å². The second-order valence-electron chi connectivity index (χ2n) is 7.98. The van der Waals surface area contributed by atoms with Gasteiger partial charge in [0.15, 0.2) is 5.75 Å². The zero-order valence-electron chi connectivity index (χ0n) is 18.2. The Morgan fingerprint density at radius 2 is 2.24 bits per heavy atom. The number of hydrogen-bond donors (Lipinski definition) is 1. The van der Waals surface area contributed by atoms with E-state index in [1.165, 1.54) is 12.1 Å². The van der Waals surface area contributed by atoms with E-state index in [4.69, 9.17) is 9.47 Å². The van der Waals surface area contributed by atoms with Gasteiger partial charge in [0.2, 0.25) is 0 Å². The molecule has 2 aliphatic heterocycles. The van der Waals surface area contributed by atoms with Crippen molar-refractivity contribution in [2.75, 3.05) is 24.7 Å². The van der Waals surface area contributed by atoms with E-state index in [9.17, 15) is 20.5 Å². The van der Waals surface area contributed by atoms with Gasteiger partial charge >= 0.3 is 5.69 Å². The molecule has 170 valence electrons. The van der Waals surface area contributed by atoms with Crippen LogP contribution in [0.25, 0.3) is 5.70 Å². The highest BCUT2D eigenvalue weighted by Gasteiger charge is 2.35. The fourth-order valence-corrected chi connectivity index (χ4v) is 4.38. The van der Waals surface area contributed by atoms with Gasteiger partial charge in [-0.05, 0) is 31.7 Å². The number of aliphatic imine (C=N–C) groups is 1. The molecule has 9 nitrogen and oxygen atoms in total. The number of rotatable bonds is 7. The van der Waals surface area contributed by atoms with Crippen molar-refractivity contribution >= 4 is 29.5 Å². The Morgan fingerprint density at radius 1 is 1.45 bits per heavy atom. The van der Waals surface area contributed by atoms with E-state index in [0.717, 1.165) is 11.3 Å². The molecular weight excluding hydrogens is 424 g/mol. The maximum Gasteiger partial charge on any atom is 0.311 e. The number of aliphatic hydroxyl groups excluding tert-OH is 1. The van der Waals surface area contributed by atoms with Crippen molar-refractivity contribution in [3.63, 3.8) is 0 Å². The van der Waals surface area contributed by atoms with Crippen molar-refractivity contribution in [1.29, 1.82) is 5.26 Å². The molecule has 0 bridgehead atoms. The predicted octanol–water partition coefficient (Wildman–Crippen LogP) is 3.77. The Labute approximate surface area is 191 Å². The van der Waals surface area contributed by atoms with Crippen LogP contribution in [0.1, 0.15) is 24.5 Å². The Kier molecular flexibility index (Phi) is 6.40. The lowest BCUT2D eigenvalue weighted by atomic mass is 10.0. The van der Waals surface area contributed by atoms with Gasteiger partial charge in [0.1, 0.15) is 6.10 Å². The van der Waals surface area contributed by atoms with Crippen LogP contribution < -0.4 is 9.64 Å². The van der Waals surface area contributed by atoms with Crippen LogP contribution in [0, 0.1) is 21.4 Å². The van der Waals surface area contributed by atoms with Crippen molar-refractivity contribution in [3.05, 3.63) is 63.2 Å². The Hall–Kier alpha value is -3.74. The van der Waals surface area contributed by atoms with Crippen molar-refractivity contribution < 1.29 is 19.5 Å². The Bertz CT molecular complexity index is 1160. The largest absolute Gasteiger partial charge is 0.481 e. The zero-order valence-corrected chi connectivity index (χ0v) is 18.2. The minimum absolute atomic E-state index is 0.0798. The van der Waals surface area contributed by atoms with Crippen LogP contribution in [0.15, 0.2) is 47.0 Å². The first-order valence-electron chi connectivity index (χ1n) is 10.6. The normalized spacial score (nSPS) is 20.1. The summed E-state index contributed by atoms with van der Waals surface area (Å²) >= 11 is 0. The molecule has 2 unspecified atom stereocenters. The lowest BCUT2D eigenvalue weighted by Crippen LogP contribution is -2.34. The number of allylic oxidation sites excluding steroid dienone is 1. The second kappa shape index (κ2) is 9.40. The number of fused-ring (bicyclic) bond motifs is 1. The van der Waals surface area contributed by atoms with E-state index in [0.29, 0.717) is 48.6 Å². The van der Waals surface area contributed by atoms with E-state index >= 15 is 0 Å². The molecule has 2 aliphatic rings. The molecule has 1 N–H and O–H groups in total. The van der Waals surface area contributed by atoms with Gasteiger partial charge < -0.3 is 19.5 Å². The van der Waals surface area contributed by atoms with Gasteiger partial charge in [0.25, 0.3) is 0 Å². The first-order valence-corrected chi connectivity index (χ1v) is 10.6. The van der Waals surface area contributed by atoms with Crippen molar-refractivity contribution in [3.8, 4) is 11.8 Å². The van der Waals surface area contributed by atoms with Gasteiger partial charge in [-0.3, -0.25) is 15.1 Å². The van der Waals surface area contributed by atoms with Crippen molar-refractivity contribution in [2.24, 2.45) is 4.99 Å². The zero-order chi connectivity index (χ0) is 23.5. The number of benzene rings is 2. The van der Waals surface area contributed by atoms with Gasteiger partial charge in [-0.25, -0.2) is 0 Å². The molecule has 33 heavy (non-hydrogen) atoms. The van der Waals surface area contributed by atoms with E-state index < -0.39 is 4.92 Å². The molecule has 1 saturated heterocycles. The number of nitro groups is 1. The summed E-state index contributed by atoms with van der Waals surface area (Å²) < 4.78 is 11.2. The summed E-state index contributed by atoms with van der Waals surface area (Å²) in [6.45, 7) is 6.03. The fourth-order valence-electron chi connectivity index (χ4n) is 4.38. The number of para-hydroxylation sites is 1. The molecule has 9 heteroatoms. The third kappa shape index (κ3) is 4.18. The van der Waals surface area contributed by atoms with Gasteiger partial charge in [0.05, 0.1) is 53.8 Å². The second-order valence-corrected chi connectivity index (χ2v) is 7.98. The number of ether oxygens (including phenoxy) is 2. The average molecular weight is 448 g/mol. The van der Waals surface area contributed by atoms with Crippen LogP contribution in [0.5, 0.6) is 5.75 Å². The SMILES string of the molecule is C=Nc1cc(OC2CCOC2)c([N+](=O)[O-])cc1/C(=C(\C)C#N)N1c2ccccc2CC1CO. The predicted molar refractivity (Wildman–Crippen MR) is 124 cm³/mol. The molecule has 2 aromatic rings. The highest BCUT2D eigenvalue weighted by Crippen LogP contribution is 2.45. The number of nitro benzene ring substituents is 1. The monoisotopic (exact) mass is 448 g/mol. The summed E-state index contributed by atoms with van der Waals surface area (Å²) in [5, 5.41) is 31.9. The smallest absolute Gasteiger partial charge is 0.311 e. The molecule has 0 aromatic heterocycles. The van der Waals surface area contributed by atoms with Crippen LogP contribution in [-0.2, 0) is 11.2 Å². The standard InChI is InChI=1S/C24H24N4O5/c1-15(12-25)24(27-17(13-29)9-16-5-3-4-6-21(16)27)19-10-22(28(30)31)23(11-20(19)26-2)33-18-7-8-32-14-18/h3-6,10-11,17-18,29H,2,7-9,13-14H2,1H3/b24-15-. The lowest BCUT2D eigenvalue weighted by Gasteiger charge is -2.30. The first kappa shape index (κ1) is 22.5. The molecular formula is C24H24N4O5. The third-order valence-corrected chi connectivity index (χ3v) is 5.93. The quantitative estimate of drug-likeness (QED) is 0.296. The van der Waals surface area contributed by atoms with Gasteiger partial charge in [-0.2, -0.15) is 5.26 Å². The van der Waals surface area contributed by atoms with Crippen LogP contribution in [0.3, 0.4) is 0 Å². The highest BCUT2D eigenvalue weighted by atomic mass is 16.6. The molecule has 2 aromatic carbocycles. The maximum atomic E-state index is 12.0. The highest BCUT2D eigenvalue weighted by molar-refractivity contribution is 5.91. The van der Waals surface area contributed by atoms with E-state index in [1.54, 1.807) is 6.92 Å². The van der Waals surface area contributed by atoms with Crippen LogP contribution in [-0.4, -0.2) is 48.7 Å². The van der Waals surface area contributed by atoms with Crippen LogP contribution >= 0.6 is 0 Å². The van der Waals surface area contributed by atoms with Crippen LogP contribution in [0.4, 0.5) is 17.1 Å². The molecule has 1 fully saturated rings.